The maximum atomic E-state index is 16.5. The molecule has 2 bridgehead atoms. The minimum Gasteiger partial charge on any atom is -0.295 e. The van der Waals surface area contributed by atoms with Gasteiger partial charge >= 0.3 is 0 Å². The van der Waals surface area contributed by atoms with Crippen LogP contribution in [0.3, 0.4) is 0 Å². The molecule has 0 unspecified atom stereocenters. The van der Waals surface area contributed by atoms with E-state index in [0.29, 0.717) is 11.1 Å². The maximum Gasteiger partial charge on any atom is 0.193 e. The fourth-order valence-corrected chi connectivity index (χ4v) is 5.62. The van der Waals surface area contributed by atoms with E-state index in [-0.39, 0.29) is 12.8 Å². The van der Waals surface area contributed by atoms with Gasteiger partial charge in [0.15, 0.2) is 22.9 Å². The van der Waals surface area contributed by atoms with Crippen LogP contribution < -0.4 is 0 Å². The summed E-state index contributed by atoms with van der Waals surface area (Å²) < 4.78 is 33.0. The molecule has 0 amide bonds. The van der Waals surface area contributed by atoms with Crippen LogP contribution in [0.5, 0.6) is 0 Å². The van der Waals surface area contributed by atoms with Gasteiger partial charge in [0.05, 0.1) is 0 Å². The van der Waals surface area contributed by atoms with Gasteiger partial charge in [-0.3, -0.25) is 9.59 Å². The Bertz CT molecular complexity index is 1050. The van der Waals surface area contributed by atoms with Crippen LogP contribution in [0.25, 0.3) is 0 Å². The summed E-state index contributed by atoms with van der Waals surface area (Å²) in [6.07, 6.45) is 5.99. The zero-order valence-electron chi connectivity index (χ0n) is 16.4. The van der Waals surface area contributed by atoms with E-state index in [1.54, 1.807) is 66.8 Å². The summed E-state index contributed by atoms with van der Waals surface area (Å²) in [5.74, 6) is -4.27. The molecule has 0 radical (unpaired) electrons. The van der Waals surface area contributed by atoms with Crippen LogP contribution in [0.2, 0.25) is 0 Å². The highest BCUT2D eigenvalue weighted by Crippen LogP contribution is 2.57. The molecule has 30 heavy (non-hydrogen) atoms. The van der Waals surface area contributed by atoms with Crippen molar-refractivity contribution >= 4 is 11.6 Å². The Balaban J connectivity index is 1.58. The first-order chi connectivity index (χ1) is 14.4. The average Bonchev–Trinajstić information content (AvgIpc) is 2.75. The summed E-state index contributed by atoms with van der Waals surface area (Å²) >= 11 is 0. The Morgan fingerprint density at radius 2 is 1.30 bits per heavy atom. The highest BCUT2D eigenvalue weighted by Gasteiger charge is 2.67. The molecule has 6 atom stereocenters. The number of halogens is 2. The van der Waals surface area contributed by atoms with Crippen molar-refractivity contribution in [1.82, 2.24) is 0 Å². The number of hydrogen-bond donors (Lipinski definition) is 0. The largest absolute Gasteiger partial charge is 0.295 e. The molecule has 4 heteroatoms. The topological polar surface area (TPSA) is 34.1 Å². The highest BCUT2D eigenvalue weighted by atomic mass is 19.1. The molecule has 0 aliphatic heterocycles. The molecule has 152 valence electrons. The fourth-order valence-electron chi connectivity index (χ4n) is 5.62. The Morgan fingerprint density at radius 1 is 0.733 bits per heavy atom. The van der Waals surface area contributed by atoms with Gasteiger partial charge in [-0.15, -0.1) is 0 Å². The van der Waals surface area contributed by atoms with Gasteiger partial charge in [0.1, 0.15) is 0 Å². The third-order valence-corrected chi connectivity index (χ3v) is 7.00. The van der Waals surface area contributed by atoms with Gasteiger partial charge in [0.2, 0.25) is 0 Å². The Morgan fingerprint density at radius 3 is 1.90 bits per heavy atom. The van der Waals surface area contributed by atoms with E-state index in [9.17, 15) is 9.59 Å². The molecule has 0 aromatic heterocycles. The average molecular weight is 404 g/mol. The Kier molecular flexibility index (Phi) is 4.35. The predicted octanol–water partition coefficient (Wildman–Crippen LogP) is 4.64. The quantitative estimate of drug-likeness (QED) is 0.696. The van der Waals surface area contributed by atoms with E-state index < -0.39 is 46.6 Å². The Labute approximate surface area is 174 Å². The number of benzene rings is 2. The van der Waals surface area contributed by atoms with Crippen molar-refractivity contribution in [3.8, 4) is 0 Å². The van der Waals surface area contributed by atoms with Gasteiger partial charge in [-0.05, 0) is 23.1 Å². The summed E-state index contributed by atoms with van der Waals surface area (Å²) in [7, 11) is 0. The molecule has 1 fully saturated rings. The van der Waals surface area contributed by atoms with Crippen LogP contribution in [-0.2, 0) is 22.4 Å². The molecule has 4 aliphatic rings. The van der Waals surface area contributed by atoms with Gasteiger partial charge in [-0.2, -0.15) is 0 Å². The lowest BCUT2D eigenvalue weighted by atomic mass is 9.49. The van der Waals surface area contributed by atoms with Crippen LogP contribution in [-0.4, -0.2) is 22.9 Å². The first kappa shape index (κ1) is 19.1. The Hall–Kier alpha value is -2.88. The minimum atomic E-state index is -2.25. The van der Waals surface area contributed by atoms with E-state index in [4.69, 9.17) is 0 Å². The van der Waals surface area contributed by atoms with Crippen LogP contribution >= 0.6 is 0 Å². The van der Waals surface area contributed by atoms with Crippen molar-refractivity contribution < 1.29 is 18.4 Å². The van der Waals surface area contributed by atoms with E-state index in [1.165, 1.54) is 6.08 Å². The van der Waals surface area contributed by atoms with Crippen molar-refractivity contribution in [3.05, 3.63) is 96.1 Å². The normalized spacial score (nSPS) is 36.7. The first-order valence-corrected chi connectivity index (χ1v) is 10.3. The molecule has 2 aromatic rings. The van der Waals surface area contributed by atoms with E-state index >= 15 is 8.78 Å². The third kappa shape index (κ3) is 2.73. The monoisotopic (exact) mass is 404 g/mol. The lowest BCUT2D eigenvalue weighted by molar-refractivity contribution is -0.160. The lowest BCUT2D eigenvalue weighted by Crippen LogP contribution is -2.66. The molecule has 0 heterocycles. The van der Waals surface area contributed by atoms with Crippen molar-refractivity contribution in [1.29, 1.82) is 0 Å². The summed E-state index contributed by atoms with van der Waals surface area (Å²) in [6, 6.07) is 17.9. The SMILES string of the molecule is O=C1C=C[C@@H]2[C@@H]([C@@H]3C=C[C@H]2C(=O)[C@@]3(F)Cc2ccccc2)[C@]1(F)Cc1ccccc1. The van der Waals surface area contributed by atoms with Crippen LogP contribution in [0.1, 0.15) is 11.1 Å². The number of alkyl halides is 2. The van der Waals surface area contributed by atoms with Crippen LogP contribution in [0.15, 0.2) is 85.0 Å². The molecular formula is C26H22F2O2. The number of rotatable bonds is 4. The maximum absolute atomic E-state index is 16.5. The third-order valence-electron chi connectivity index (χ3n) is 7.00. The fraction of sp³-hybridized carbons (Fsp3) is 0.308. The van der Waals surface area contributed by atoms with E-state index in [2.05, 4.69) is 0 Å². The molecule has 1 saturated carbocycles. The number of Topliss-reactive ketones (excluding diaryl/α,β-unsaturated/α-hetero) is 1. The lowest BCUT2D eigenvalue weighted by Gasteiger charge is -2.55. The van der Waals surface area contributed by atoms with Gasteiger partial charge < -0.3 is 0 Å². The number of fused-ring (bicyclic) bond motifs is 1. The first-order valence-electron chi connectivity index (χ1n) is 10.3. The molecule has 0 N–H and O–H groups in total. The second kappa shape index (κ2) is 6.83. The molecule has 2 aromatic carbocycles. The summed E-state index contributed by atoms with van der Waals surface area (Å²) in [5.41, 5.74) is -3.09. The molecule has 2 nitrogen and oxygen atoms in total. The van der Waals surface area contributed by atoms with Gasteiger partial charge in [0, 0.05) is 30.6 Å². The van der Waals surface area contributed by atoms with Gasteiger partial charge in [-0.1, -0.05) is 78.9 Å². The van der Waals surface area contributed by atoms with E-state index in [1.807, 2.05) is 12.1 Å². The zero-order chi connectivity index (χ0) is 20.9. The minimum absolute atomic E-state index is 0.110. The van der Waals surface area contributed by atoms with Crippen LogP contribution in [0, 0.1) is 23.7 Å². The van der Waals surface area contributed by atoms with Crippen molar-refractivity contribution in [2.45, 2.75) is 24.2 Å². The van der Waals surface area contributed by atoms with Crippen LogP contribution in [0.4, 0.5) is 8.78 Å². The molecule has 0 saturated heterocycles. The number of carbonyl (C=O) groups is 2. The summed E-state index contributed by atoms with van der Waals surface area (Å²) in [5, 5.41) is 0. The number of hydrogen-bond acceptors (Lipinski definition) is 2. The number of ketones is 2. The standard InChI is InChI=1S/C26H22F2O2/c27-25(15-17-7-3-1-4-8-17)21-13-11-20(24(25)30)19-12-14-22(29)26(28,23(19)21)16-18-9-5-2-6-10-18/h1-14,19-21,23H,15-16H2/t19-,20+,21-,23-,25+,26-/m0/s1. The number of carbonyl (C=O) groups excluding carboxylic acids is 2. The molecule has 4 aliphatic carbocycles. The van der Waals surface area contributed by atoms with Crippen molar-refractivity contribution in [2.24, 2.45) is 23.7 Å². The molecule has 0 spiro atoms. The van der Waals surface area contributed by atoms with Crippen molar-refractivity contribution in [3.63, 3.8) is 0 Å². The summed E-state index contributed by atoms with van der Waals surface area (Å²) in [4.78, 5) is 26.0. The van der Waals surface area contributed by atoms with Crippen molar-refractivity contribution in [2.75, 3.05) is 0 Å². The second-order valence-corrected chi connectivity index (χ2v) is 8.68. The van der Waals surface area contributed by atoms with E-state index in [0.717, 1.165) is 0 Å². The summed E-state index contributed by atoms with van der Waals surface area (Å²) in [6.45, 7) is 0. The number of allylic oxidation sites excluding steroid dienone is 4. The van der Waals surface area contributed by atoms with Gasteiger partial charge in [-0.25, -0.2) is 8.78 Å². The predicted molar refractivity (Wildman–Crippen MR) is 110 cm³/mol. The second-order valence-electron chi connectivity index (χ2n) is 8.68. The van der Waals surface area contributed by atoms with Gasteiger partial charge in [0.25, 0.3) is 0 Å². The molecule has 6 rings (SSSR count). The smallest absolute Gasteiger partial charge is 0.193 e. The molecular weight excluding hydrogens is 382 g/mol. The zero-order valence-corrected chi connectivity index (χ0v) is 16.4. The highest BCUT2D eigenvalue weighted by molar-refractivity contribution is 6.01.